The van der Waals surface area contributed by atoms with Crippen LogP contribution in [0.15, 0.2) is 12.2 Å². The maximum atomic E-state index is 12.3. The molecule has 1 heterocycles. The average molecular weight is 399 g/mol. The maximum Gasteiger partial charge on any atom is 0.266 e. The largest absolute Gasteiger partial charge is 0.352 e. The lowest BCUT2D eigenvalue weighted by molar-refractivity contribution is -0.223. The SMILES string of the molecule is CCC1CCC(CCCCC2CCC(C3OCC(C=C(F)F)CO3)CC2)CC1. The first-order valence-electron chi connectivity index (χ1n) is 11.9. The highest BCUT2D eigenvalue weighted by atomic mass is 19.3. The van der Waals surface area contributed by atoms with Crippen molar-refractivity contribution in [3.05, 3.63) is 12.2 Å². The van der Waals surface area contributed by atoms with Crippen LogP contribution in [-0.4, -0.2) is 19.5 Å². The highest BCUT2D eigenvalue weighted by Crippen LogP contribution is 2.37. The van der Waals surface area contributed by atoms with Gasteiger partial charge in [-0.3, -0.25) is 0 Å². The molecule has 0 unspecified atom stereocenters. The molecular weight excluding hydrogens is 358 g/mol. The molecule has 0 radical (unpaired) electrons. The second-order valence-electron chi connectivity index (χ2n) is 9.61. The van der Waals surface area contributed by atoms with Gasteiger partial charge >= 0.3 is 0 Å². The minimum atomic E-state index is -1.63. The molecule has 0 N–H and O–H groups in total. The van der Waals surface area contributed by atoms with Crippen LogP contribution in [0.5, 0.6) is 0 Å². The lowest BCUT2D eigenvalue weighted by atomic mass is 9.77. The summed E-state index contributed by atoms with van der Waals surface area (Å²) in [7, 11) is 0. The minimum absolute atomic E-state index is 0.175. The Balaban J connectivity index is 1.23. The first-order valence-corrected chi connectivity index (χ1v) is 11.9. The van der Waals surface area contributed by atoms with E-state index in [0.717, 1.165) is 36.7 Å². The zero-order chi connectivity index (χ0) is 19.8. The molecule has 3 fully saturated rings. The Morgan fingerprint density at radius 2 is 1.29 bits per heavy atom. The summed E-state index contributed by atoms with van der Waals surface area (Å²) >= 11 is 0. The average Bonchev–Trinajstić information content (AvgIpc) is 2.72. The Hall–Kier alpha value is -0.480. The first-order chi connectivity index (χ1) is 13.6. The summed E-state index contributed by atoms with van der Waals surface area (Å²) < 4.78 is 36.1. The lowest BCUT2D eigenvalue weighted by Gasteiger charge is -2.37. The third-order valence-electron chi connectivity index (χ3n) is 7.61. The standard InChI is InChI=1S/C24H40F2O2/c1-2-18-7-9-19(10-8-18)5-3-4-6-20-11-13-22(14-12-20)24-27-16-21(17-28-24)15-23(25)26/h15,18-22,24H,2-14,16-17H2,1H3. The van der Waals surface area contributed by atoms with Crippen LogP contribution in [0, 0.1) is 29.6 Å². The second-order valence-corrected chi connectivity index (χ2v) is 9.61. The summed E-state index contributed by atoms with van der Waals surface area (Å²) in [5, 5.41) is 0. The van der Waals surface area contributed by atoms with Crippen LogP contribution in [0.1, 0.15) is 90.4 Å². The molecule has 0 atom stereocenters. The molecule has 1 aliphatic heterocycles. The van der Waals surface area contributed by atoms with E-state index in [4.69, 9.17) is 9.47 Å². The molecule has 28 heavy (non-hydrogen) atoms. The molecule has 2 aliphatic carbocycles. The Bertz CT molecular complexity index is 453. The quantitative estimate of drug-likeness (QED) is 0.398. The van der Waals surface area contributed by atoms with Gasteiger partial charge in [0, 0.05) is 11.8 Å². The van der Waals surface area contributed by atoms with Crippen molar-refractivity contribution < 1.29 is 18.3 Å². The summed E-state index contributed by atoms with van der Waals surface area (Å²) in [5.74, 6) is 3.03. The van der Waals surface area contributed by atoms with Crippen LogP contribution in [0.2, 0.25) is 0 Å². The van der Waals surface area contributed by atoms with E-state index in [9.17, 15) is 8.78 Å². The predicted octanol–water partition coefficient (Wildman–Crippen LogP) is 7.34. The monoisotopic (exact) mass is 398 g/mol. The van der Waals surface area contributed by atoms with Gasteiger partial charge in [-0.05, 0) is 49.5 Å². The molecule has 1 saturated heterocycles. The van der Waals surface area contributed by atoms with Crippen molar-refractivity contribution in [1.82, 2.24) is 0 Å². The Morgan fingerprint density at radius 1 is 0.786 bits per heavy atom. The molecule has 0 aromatic carbocycles. The molecule has 0 amide bonds. The van der Waals surface area contributed by atoms with E-state index in [0.29, 0.717) is 19.1 Å². The second kappa shape index (κ2) is 11.6. The van der Waals surface area contributed by atoms with Crippen LogP contribution in [0.4, 0.5) is 8.78 Å². The first kappa shape index (κ1) is 22.2. The summed E-state index contributed by atoms with van der Waals surface area (Å²) in [4.78, 5) is 0. The summed E-state index contributed by atoms with van der Waals surface area (Å²) in [6.07, 6.45) is 16.9. The summed E-state index contributed by atoms with van der Waals surface area (Å²) in [6.45, 7) is 3.07. The van der Waals surface area contributed by atoms with Gasteiger partial charge in [-0.15, -0.1) is 0 Å². The Labute approximate surface area is 170 Å². The zero-order valence-corrected chi connectivity index (χ0v) is 17.7. The van der Waals surface area contributed by atoms with Gasteiger partial charge < -0.3 is 9.47 Å². The molecular formula is C24H40F2O2. The van der Waals surface area contributed by atoms with Crippen molar-refractivity contribution >= 4 is 0 Å². The fraction of sp³-hybridized carbons (Fsp3) is 0.917. The third-order valence-corrected chi connectivity index (χ3v) is 7.61. The van der Waals surface area contributed by atoms with Gasteiger partial charge in [-0.1, -0.05) is 64.7 Å². The Morgan fingerprint density at radius 3 is 1.79 bits per heavy atom. The summed E-state index contributed by atoms with van der Waals surface area (Å²) in [6, 6.07) is 0. The van der Waals surface area contributed by atoms with E-state index in [-0.39, 0.29) is 12.2 Å². The van der Waals surface area contributed by atoms with E-state index in [1.165, 1.54) is 70.6 Å². The summed E-state index contributed by atoms with van der Waals surface area (Å²) in [5.41, 5.74) is 0. The van der Waals surface area contributed by atoms with Gasteiger partial charge in [0.05, 0.1) is 13.2 Å². The highest BCUT2D eigenvalue weighted by molar-refractivity contribution is 4.90. The van der Waals surface area contributed by atoms with Crippen LogP contribution in [0.25, 0.3) is 0 Å². The lowest BCUT2D eigenvalue weighted by Crippen LogP contribution is -2.38. The third kappa shape index (κ3) is 7.09. The molecule has 162 valence electrons. The molecule has 0 bridgehead atoms. The topological polar surface area (TPSA) is 18.5 Å². The maximum absolute atomic E-state index is 12.3. The van der Waals surface area contributed by atoms with Crippen LogP contribution in [-0.2, 0) is 9.47 Å². The van der Waals surface area contributed by atoms with Crippen LogP contribution >= 0.6 is 0 Å². The van der Waals surface area contributed by atoms with Gasteiger partial charge in [0.25, 0.3) is 6.08 Å². The molecule has 2 nitrogen and oxygen atoms in total. The molecule has 0 aromatic rings. The van der Waals surface area contributed by atoms with Crippen molar-refractivity contribution in [2.24, 2.45) is 29.6 Å². The fourth-order valence-corrected chi connectivity index (χ4v) is 5.62. The van der Waals surface area contributed by atoms with Crippen LogP contribution in [0.3, 0.4) is 0 Å². The van der Waals surface area contributed by atoms with Crippen molar-refractivity contribution in [2.75, 3.05) is 13.2 Å². The molecule has 2 saturated carbocycles. The van der Waals surface area contributed by atoms with E-state index in [2.05, 4.69) is 6.92 Å². The number of hydrogen-bond acceptors (Lipinski definition) is 2. The van der Waals surface area contributed by atoms with Crippen LogP contribution < -0.4 is 0 Å². The van der Waals surface area contributed by atoms with Gasteiger partial charge in [0.1, 0.15) is 0 Å². The number of halogens is 2. The van der Waals surface area contributed by atoms with Gasteiger partial charge in [0.15, 0.2) is 6.29 Å². The van der Waals surface area contributed by atoms with E-state index >= 15 is 0 Å². The zero-order valence-electron chi connectivity index (χ0n) is 17.7. The van der Waals surface area contributed by atoms with Crippen molar-refractivity contribution in [1.29, 1.82) is 0 Å². The van der Waals surface area contributed by atoms with Crippen molar-refractivity contribution in [2.45, 2.75) is 96.7 Å². The number of hydrogen-bond donors (Lipinski definition) is 0. The number of rotatable bonds is 8. The molecule has 3 rings (SSSR count). The fourth-order valence-electron chi connectivity index (χ4n) is 5.62. The predicted molar refractivity (Wildman–Crippen MR) is 109 cm³/mol. The van der Waals surface area contributed by atoms with Gasteiger partial charge in [0.2, 0.25) is 0 Å². The Kier molecular flexibility index (Phi) is 9.23. The number of ether oxygens (including phenoxy) is 2. The smallest absolute Gasteiger partial charge is 0.266 e. The van der Waals surface area contributed by atoms with E-state index in [1.807, 2.05) is 0 Å². The molecule has 3 aliphatic rings. The van der Waals surface area contributed by atoms with Crippen molar-refractivity contribution in [3.63, 3.8) is 0 Å². The van der Waals surface area contributed by atoms with Gasteiger partial charge in [-0.2, -0.15) is 8.78 Å². The molecule has 0 aromatic heterocycles. The van der Waals surface area contributed by atoms with Gasteiger partial charge in [-0.25, -0.2) is 0 Å². The minimum Gasteiger partial charge on any atom is -0.352 e. The normalized spacial score (nSPS) is 36.8. The van der Waals surface area contributed by atoms with Crippen molar-refractivity contribution in [3.8, 4) is 0 Å². The highest BCUT2D eigenvalue weighted by Gasteiger charge is 2.32. The number of unbranched alkanes of at least 4 members (excludes halogenated alkanes) is 1. The molecule has 0 spiro atoms. The molecule has 4 heteroatoms. The van der Waals surface area contributed by atoms with E-state index in [1.54, 1.807) is 0 Å². The van der Waals surface area contributed by atoms with E-state index < -0.39 is 6.08 Å².